The minimum Gasteiger partial charge on any atom is -0.497 e. The number of nitrogens with zero attached hydrogens (tertiary/aromatic N) is 3. The van der Waals surface area contributed by atoms with E-state index in [0.29, 0.717) is 13.1 Å². The van der Waals surface area contributed by atoms with Crippen molar-refractivity contribution >= 4 is 10.0 Å². The number of hydrogen-bond donors (Lipinski definition) is 1. The highest BCUT2D eigenvalue weighted by atomic mass is 32.2. The lowest BCUT2D eigenvalue weighted by molar-refractivity contribution is 0.246. The second-order valence-corrected chi connectivity index (χ2v) is 11.6. The van der Waals surface area contributed by atoms with Crippen molar-refractivity contribution in [3.05, 3.63) is 90.1 Å². The largest absolute Gasteiger partial charge is 0.497 e. The number of imidazole rings is 1. The highest BCUT2D eigenvalue weighted by Crippen LogP contribution is 2.32. The van der Waals surface area contributed by atoms with Gasteiger partial charge in [0.25, 0.3) is 0 Å². The minimum absolute atomic E-state index is 0.128. The van der Waals surface area contributed by atoms with E-state index in [0.717, 1.165) is 72.7 Å². The molecule has 0 saturated carbocycles. The highest BCUT2D eigenvalue weighted by molar-refractivity contribution is 7.89. The van der Waals surface area contributed by atoms with Crippen molar-refractivity contribution in [3.63, 3.8) is 0 Å². The van der Waals surface area contributed by atoms with Crippen molar-refractivity contribution < 1.29 is 13.2 Å². The van der Waals surface area contributed by atoms with Crippen molar-refractivity contribution in [2.45, 2.75) is 64.1 Å². The summed E-state index contributed by atoms with van der Waals surface area (Å²) < 4.78 is 31.3. The maximum absolute atomic E-state index is 11.8. The molecule has 0 amide bonds. The van der Waals surface area contributed by atoms with Crippen LogP contribution in [0.5, 0.6) is 5.75 Å². The molecule has 0 fully saturated rings. The van der Waals surface area contributed by atoms with Crippen molar-refractivity contribution in [2.24, 2.45) is 5.14 Å². The fraction of sp³-hybridized carbons (Fsp3) is 0.344. The first-order chi connectivity index (χ1) is 19.3. The zero-order chi connectivity index (χ0) is 28.5. The first kappa shape index (κ1) is 29.5. The maximum Gasteiger partial charge on any atom is 0.238 e. The normalized spacial score (nSPS) is 11.7. The molecule has 0 aliphatic heterocycles. The van der Waals surface area contributed by atoms with Crippen LogP contribution in [0.3, 0.4) is 0 Å². The second kappa shape index (κ2) is 13.7. The van der Waals surface area contributed by atoms with Gasteiger partial charge in [-0.1, -0.05) is 69.2 Å². The van der Waals surface area contributed by atoms with E-state index in [1.165, 1.54) is 5.69 Å². The van der Waals surface area contributed by atoms with Crippen molar-refractivity contribution in [1.29, 1.82) is 0 Å². The zero-order valence-corrected chi connectivity index (χ0v) is 24.5. The van der Waals surface area contributed by atoms with Crippen LogP contribution in [0, 0.1) is 0 Å². The zero-order valence-electron chi connectivity index (χ0n) is 23.7. The lowest BCUT2D eigenvalue weighted by Crippen LogP contribution is -2.26. The monoisotopic (exact) mass is 560 g/mol. The molecular weight excluding hydrogens is 520 g/mol. The number of nitrogens with two attached hydrogens (primary N) is 1. The molecule has 0 radical (unpaired) electrons. The van der Waals surface area contributed by atoms with Gasteiger partial charge in [-0.05, 0) is 61.3 Å². The van der Waals surface area contributed by atoms with Gasteiger partial charge in [0.15, 0.2) is 0 Å². The molecule has 7 nitrogen and oxygen atoms in total. The molecular formula is C32H40N4O3S. The van der Waals surface area contributed by atoms with Gasteiger partial charge in [-0.2, -0.15) is 0 Å². The second-order valence-electron chi connectivity index (χ2n) is 10.1. The van der Waals surface area contributed by atoms with Gasteiger partial charge < -0.3 is 9.30 Å². The van der Waals surface area contributed by atoms with Crippen LogP contribution in [0.2, 0.25) is 0 Å². The lowest BCUT2D eigenvalue weighted by Gasteiger charge is -2.24. The molecule has 4 rings (SSSR count). The average Bonchev–Trinajstić information content (AvgIpc) is 3.32. The quantitative estimate of drug-likeness (QED) is 0.191. The number of benzene rings is 3. The van der Waals surface area contributed by atoms with Gasteiger partial charge in [-0.3, -0.25) is 4.90 Å². The Morgan fingerprint density at radius 1 is 0.850 bits per heavy atom. The molecule has 1 heterocycles. The third kappa shape index (κ3) is 7.38. The third-order valence-corrected chi connectivity index (χ3v) is 7.99. The predicted octanol–water partition coefficient (Wildman–Crippen LogP) is 6.48. The molecule has 0 atom stereocenters. The summed E-state index contributed by atoms with van der Waals surface area (Å²) in [4.78, 5) is 7.81. The topological polar surface area (TPSA) is 90.4 Å². The van der Waals surface area contributed by atoms with Crippen LogP contribution in [0.1, 0.15) is 50.8 Å². The van der Waals surface area contributed by atoms with E-state index >= 15 is 0 Å². The highest BCUT2D eigenvalue weighted by Gasteiger charge is 2.22. The molecule has 4 aromatic rings. The first-order valence-corrected chi connectivity index (χ1v) is 15.5. The SMILES string of the molecule is CCCCN(Cc1ccc(S(N)(=O)=O)cc1)Cc1c(-c2ccc(OC)cc2)nc(-c2ccccc2)n1CCCC. The van der Waals surface area contributed by atoms with Crippen LogP contribution >= 0.6 is 0 Å². The van der Waals surface area contributed by atoms with Crippen LogP contribution in [-0.4, -0.2) is 36.5 Å². The molecule has 0 aliphatic rings. The Bertz CT molecular complexity index is 1470. The van der Waals surface area contributed by atoms with E-state index in [-0.39, 0.29) is 4.90 Å². The van der Waals surface area contributed by atoms with Gasteiger partial charge >= 0.3 is 0 Å². The minimum atomic E-state index is -3.72. The van der Waals surface area contributed by atoms with Crippen molar-refractivity contribution in [3.8, 4) is 28.4 Å². The summed E-state index contributed by atoms with van der Waals surface area (Å²) in [6.07, 6.45) is 4.27. The van der Waals surface area contributed by atoms with Crippen LogP contribution in [-0.2, 0) is 29.7 Å². The Labute approximate surface area is 238 Å². The number of ether oxygens (including phenoxy) is 1. The molecule has 1 aromatic heterocycles. The molecule has 0 aliphatic carbocycles. The molecule has 0 saturated heterocycles. The molecule has 40 heavy (non-hydrogen) atoms. The average molecular weight is 561 g/mol. The van der Waals surface area contributed by atoms with E-state index in [1.807, 2.05) is 30.3 Å². The smallest absolute Gasteiger partial charge is 0.238 e. The van der Waals surface area contributed by atoms with E-state index in [1.54, 1.807) is 19.2 Å². The number of aromatic nitrogens is 2. The van der Waals surface area contributed by atoms with Gasteiger partial charge in [0.1, 0.15) is 11.6 Å². The Morgan fingerprint density at radius 3 is 2.12 bits per heavy atom. The third-order valence-electron chi connectivity index (χ3n) is 7.06. The molecule has 212 valence electrons. The number of primary sulfonamides is 1. The number of methoxy groups -OCH3 is 1. The van der Waals surface area contributed by atoms with E-state index in [9.17, 15) is 8.42 Å². The Morgan fingerprint density at radius 2 is 1.52 bits per heavy atom. The summed E-state index contributed by atoms with van der Waals surface area (Å²) in [7, 11) is -2.05. The summed E-state index contributed by atoms with van der Waals surface area (Å²) >= 11 is 0. The van der Waals surface area contributed by atoms with Gasteiger partial charge in [-0.25, -0.2) is 18.5 Å². The summed E-state index contributed by atoms with van der Waals surface area (Å²) in [5.41, 5.74) is 5.34. The number of unbranched alkanes of at least 4 members (excludes halogenated alkanes) is 2. The van der Waals surface area contributed by atoms with E-state index < -0.39 is 10.0 Å². The van der Waals surface area contributed by atoms with Gasteiger partial charge in [-0.15, -0.1) is 0 Å². The Kier molecular flexibility index (Phi) is 10.1. The molecule has 3 aromatic carbocycles. The Balaban J connectivity index is 1.78. The molecule has 0 spiro atoms. The van der Waals surface area contributed by atoms with Crippen LogP contribution in [0.15, 0.2) is 83.8 Å². The number of rotatable bonds is 14. The molecule has 8 heteroatoms. The standard InChI is InChI=1S/C32H40N4O3S/c1-4-6-21-35(23-25-13-19-29(20-14-25)40(33,37)38)24-30-31(26-15-17-28(39-3)18-16-26)34-32(36(30)22-7-5-2)27-11-9-8-10-12-27/h8-20H,4-7,21-24H2,1-3H3,(H2,33,37,38). The van der Waals surface area contributed by atoms with Crippen LogP contribution in [0.4, 0.5) is 0 Å². The fourth-order valence-corrected chi connectivity index (χ4v) is 5.36. The van der Waals surface area contributed by atoms with E-state index in [4.69, 9.17) is 14.9 Å². The van der Waals surface area contributed by atoms with Gasteiger partial charge in [0.05, 0.1) is 23.4 Å². The number of sulfonamides is 1. The fourth-order valence-electron chi connectivity index (χ4n) is 4.84. The molecule has 0 unspecified atom stereocenters. The Hall–Kier alpha value is -3.46. The van der Waals surface area contributed by atoms with Gasteiger partial charge in [0, 0.05) is 30.8 Å². The van der Waals surface area contributed by atoms with Crippen molar-refractivity contribution in [2.75, 3.05) is 13.7 Å². The summed E-state index contributed by atoms with van der Waals surface area (Å²) in [5.74, 6) is 1.79. The van der Waals surface area contributed by atoms with Crippen LogP contribution in [0.25, 0.3) is 22.6 Å². The first-order valence-electron chi connectivity index (χ1n) is 14.0. The lowest BCUT2D eigenvalue weighted by atomic mass is 10.1. The maximum atomic E-state index is 11.8. The summed E-state index contributed by atoms with van der Waals surface area (Å²) in [5, 5.41) is 5.32. The predicted molar refractivity (Wildman–Crippen MR) is 161 cm³/mol. The van der Waals surface area contributed by atoms with Crippen molar-refractivity contribution in [1.82, 2.24) is 14.5 Å². The van der Waals surface area contributed by atoms with Crippen LogP contribution < -0.4 is 9.88 Å². The van der Waals surface area contributed by atoms with E-state index in [2.05, 4.69) is 59.7 Å². The molecule has 2 N–H and O–H groups in total. The molecule has 0 bridgehead atoms. The van der Waals surface area contributed by atoms with Gasteiger partial charge in [0.2, 0.25) is 10.0 Å². The summed E-state index contributed by atoms with van der Waals surface area (Å²) in [6, 6.07) is 25.4. The number of hydrogen-bond acceptors (Lipinski definition) is 5. The summed E-state index contributed by atoms with van der Waals surface area (Å²) in [6.45, 7) is 7.59.